The van der Waals surface area contributed by atoms with Crippen molar-refractivity contribution >= 4 is 6.08 Å². The third kappa shape index (κ3) is 4.88. The van der Waals surface area contributed by atoms with Gasteiger partial charge in [-0.25, -0.2) is 0 Å². The molecule has 11 nitrogen and oxygen atoms in total. The van der Waals surface area contributed by atoms with Crippen molar-refractivity contribution in [2.75, 3.05) is 19.8 Å². The van der Waals surface area contributed by atoms with Crippen LogP contribution in [0.3, 0.4) is 0 Å². The normalized spacial score (nSPS) is 39.8. The van der Waals surface area contributed by atoms with Crippen LogP contribution in [0.4, 0.5) is 0 Å². The number of aliphatic hydroxyl groups excluding tert-OH is 7. The van der Waals surface area contributed by atoms with Crippen molar-refractivity contribution in [3.63, 3.8) is 0 Å². The van der Waals surface area contributed by atoms with Gasteiger partial charge in [-0.15, -0.1) is 0 Å². The maximum atomic E-state index is 10.7. The van der Waals surface area contributed by atoms with Gasteiger partial charge in [0.2, 0.25) is 5.79 Å². The van der Waals surface area contributed by atoms with Crippen LogP contribution in [0.5, 0.6) is 0 Å². The highest BCUT2D eigenvalue weighted by Crippen LogP contribution is 2.36. The Labute approximate surface area is 184 Å². The minimum absolute atomic E-state index is 0.0535. The summed E-state index contributed by atoms with van der Waals surface area (Å²) in [6.45, 7) is 2.01. The first-order chi connectivity index (χ1) is 15.3. The van der Waals surface area contributed by atoms with Crippen LogP contribution in [-0.2, 0) is 25.6 Å². The predicted molar refractivity (Wildman–Crippen MR) is 108 cm³/mol. The molecule has 0 amide bonds. The van der Waals surface area contributed by atoms with E-state index in [0.717, 1.165) is 11.1 Å². The second kappa shape index (κ2) is 10.6. The fraction of sp³-hybridized carbons (Fsp3) is 0.619. The van der Waals surface area contributed by atoms with Crippen LogP contribution >= 0.6 is 0 Å². The molecule has 9 atom stereocenters. The summed E-state index contributed by atoms with van der Waals surface area (Å²) in [5.41, 5.74) is 1.59. The van der Waals surface area contributed by atoms with Gasteiger partial charge in [0.05, 0.1) is 19.8 Å². The van der Waals surface area contributed by atoms with E-state index in [1.165, 1.54) is 0 Å². The van der Waals surface area contributed by atoms with Crippen LogP contribution < -0.4 is 0 Å². The molecule has 11 heteroatoms. The first-order valence-corrected chi connectivity index (χ1v) is 10.2. The monoisotopic (exact) mass is 458 g/mol. The van der Waals surface area contributed by atoms with Crippen LogP contribution in [0, 0.1) is 0 Å². The van der Waals surface area contributed by atoms with E-state index in [4.69, 9.17) is 18.9 Å². The van der Waals surface area contributed by atoms with Gasteiger partial charge in [0.15, 0.2) is 6.29 Å². The second-order valence-electron chi connectivity index (χ2n) is 7.80. The minimum Gasteiger partial charge on any atom is -0.394 e. The lowest BCUT2D eigenvalue weighted by molar-refractivity contribution is -0.386. The summed E-state index contributed by atoms with van der Waals surface area (Å²) in [6, 6.07) is 7.27. The van der Waals surface area contributed by atoms with E-state index in [2.05, 4.69) is 6.58 Å². The first kappa shape index (κ1) is 25.1. The molecule has 0 saturated carbocycles. The van der Waals surface area contributed by atoms with Crippen LogP contribution in [0.15, 0.2) is 30.8 Å². The van der Waals surface area contributed by atoms with Gasteiger partial charge in [0.1, 0.15) is 49.3 Å². The average Bonchev–Trinajstić information content (AvgIpc) is 3.04. The highest BCUT2D eigenvalue weighted by Gasteiger charge is 2.58. The van der Waals surface area contributed by atoms with Gasteiger partial charge in [-0.1, -0.05) is 36.9 Å². The van der Waals surface area contributed by atoms with Crippen molar-refractivity contribution in [1.29, 1.82) is 0 Å². The summed E-state index contributed by atoms with van der Waals surface area (Å²) >= 11 is 0. The predicted octanol–water partition coefficient (Wildman–Crippen LogP) is -2.53. The Morgan fingerprint density at radius 3 is 2.25 bits per heavy atom. The quantitative estimate of drug-likeness (QED) is 0.208. The zero-order valence-corrected chi connectivity index (χ0v) is 17.3. The molecule has 180 valence electrons. The average molecular weight is 458 g/mol. The van der Waals surface area contributed by atoms with Gasteiger partial charge in [0.25, 0.3) is 0 Å². The molecule has 2 saturated heterocycles. The Bertz CT molecular complexity index is 759. The maximum Gasteiger partial charge on any atom is 0.224 e. The Kier molecular flexibility index (Phi) is 8.36. The molecule has 32 heavy (non-hydrogen) atoms. The van der Waals surface area contributed by atoms with Crippen molar-refractivity contribution in [2.45, 2.75) is 61.4 Å². The van der Waals surface area contributed by atoms with E-state index in [0.29, 0.717) is 0 Å². The van der Waals surface area contributed by atoms with Crippen molar-refractivity contribution in [2.24, 2.45) is 0 Å². The van der Waals surface area contributed by atoms with Crippen LogP contribution in [0.2, 0.25) is 0 Å². The molecule has 0 aliphatic carbocycles. The molecule has 0 bridgehead atoms. The van der Waals surface area contributed by atoms with Gasteiger partial charge in [-0.3, -0.25) is 0 Å². The van der Waals surface area contributed by atoms with Crippen molar-refractivity contribution < 1.29 is 54.7 Å². The molecule has 7 N–H and O–H groups in total. The van der Waals surface area contributed by atoms with Gasteiger partial charge < -0.3 is 54.7 Å². The SMILES string of the molecule is C=Cc1ccccc1COC[C@@]1(O[C@H]2O[C@H](CO)[C@@H](O)[C@H](O)[C@H]2O)O[C@H](CO)[C@@H](O)[C@@H]1O. The molecule has 0 spiro atoms. The summed E-state index contributed by atoms with van der Waals surface area (Å²) in [4.78, 5) is 0. The Morgan fingerprint density at radius 1 is 0.938 bits per heavy atom. The zero-order chi connectivity index (χ0) is 23.5. The van der Waals surface area contributed by atoms with Crippen LogP contribution in [0.25, 0.3) is 6.08 Å². The summed E-state index contributed by atoms with van der Waals surface area (Å²) in [7, 11) is 0. The molecule has 2 fully saturated rings. The number of rotatable bonds is 9. The smallest absolute Gasteiger partial charge is 0.224 e. The highest BCUT2D eigenvalue weighted by molar-refractivity contribution is 5.51. The van der Waals surface area contributed by atoms with E-state index >= 15 is 0 Å². The van der Waals surface area contributed by atoms with Crippen molar-refractivity contribution in [3.05, 3.63) is 42.0 Å². The largest absolute Gasteiger partial charge is 0.394 e. The van der Waals surface area contributed by atoms with Gasteiger partial charge in [-0.2, -0.15) is 0 Å². The summed E-state index contributed by atoms with van der Waals surface area (Å²) < 4.78 is 22.3. The van der Waals surface area contributed by atoms with Gasteiger partial charge >= 0.3 is 0 Å². The molecule has 1 aromatic carbocycles. The number of hydrogen-bond acceptors (Lipinski definition) is 11. The highest BCUT2D eigenvalue weighted by atomic mass is 16.8. The standard InChI is InChI=1S/C21H30O11/c1-2-11-5-3-4-6-12(11)9-29-10-21(19(28)16(25)14(8-23)31-21)32-20-18(27)17(26)15(24)13(7-22)30-20/h2-6,13-20,22-28H,1,7-10H2/t13-,14-,15-,16-,17+,18-,19+,20-,21+/m1/s1. The van der Waals surface area contributed by atoms with Gasteiger partial charge in [-0.05, 0) is 11.1 Å². The van der Waals surface area contributed by atoms with E-state index in [1.54, 1.807) is 18.2 Å². The summed E-state index contributed by atoms with van der Waals surface area (Å²) in [5, 5.41) is 70.1. The van der Waals surface area contributed by atoms with E-state index in [-0.39, 0.29) is 6.61 Å². The fourth-order valence-corrected chi connectivity index (χ4v) is 3.78. The minimum atomic E-state index is -2.09. The first-order valence-electron chi connectivity index (χ1n) is 10.2. The molecule has 0 aromatic heterocycles. The van der Waals surface area contributed by atoms with E-state index in [1.807, 2.05) is 12.1 Å². The third-order valence-corrected chi connectivity index (χ3v) is 5.69. The Morgan fingerprint density at radius 2 is 1.62 bits per heavy atom. The Balaban J connectivity index is 1.80. The maximum absolute atomic E-state index is 10.7. The molecule has 2 aliphatic rings. The molecule has 3 rings (SSSR count). The lowest BCUT2D eigenvalue weighted by Crippen LogP contribution is -2.62. The number of hydrogen-bond donors (Lipinski definition) is 7. The Hall–Kier alpha value is -1.48. The van der Waals surface area contributed by atoms with E-state index < -0.39 is 74.6 Å². The van der Waals surface area contributed by atoms with Crippen molar-refractivity contribution in [1.82, 2.24) is 0 Å². The summed E-state index contributed by atoms with van der Waals surface area (Å²) in [5.74, 6) is -2.09. The van der Waals surface area contributed by atoms with E-state index in [9.17, 15) is 35.7 Å². The van der Waals surface area contributed by atoms with Crippen LogP contribution in [-0.4, -0.2) is 110 Å². The zero-order valence-electron chi connectivity index (χ0n) is 17.3. The molecular formula is C21H30O11. The second-order valence-corrected chi connectivity index (χ2v) is 7.80. The number of benzene rings is 1. The third-order valence-electron chi connectivity index (χ3n) is 5.69. The lowest BCUT2D eigenvalue weighted by atomic mass is 9.99. The number of aliphatic hydroxyl groups is 7. The fourth-order valence-electron chi connectivity index (χ4n) is 3.78. The lowest BCUT2D eigenvalue weighted by Gasteiger charge is -2.43. The molecule has 0 unspecified atom stereocenters. The molecule has 2 heterocycles. The molecule has 1 aromatic rings. The van der Waals surface area contributed by atoms with Crippen LogP contribution in [0.1, 0.15) is 11.1 Å². The summed E-state index contributed by atoms with van der Waals surface area (Å²) in [6.07, 6.45) is -10.9. The molecule has 0 radical (unpaired) electrons. The van der Waals surface area contributed by atoms with Gasteiger partial charge in [0, 0.05) is 0 Å². The van der Waals surface area contributed by atoms with Crippen molar-refractivity contribution in [3.8, 4) is 0 Å². The molecule has 2 aliphatic heterocycles. The topological polar surface area (TPSA) is 179 Å². The molecular weight excluding hydrogens is 428 g/mol. The number of ether oxygens (including phenoxy) is 4.